The quantitative estimate of drug-likeness (QED) is 0.680. The number of nitro benzene ring substituents is 1. The molecular weight excluding hydrogens is 328 g/mol. The van der Waals surface area contributed by atoms with E-state index >= 15 is 0 Å². The maximum Gasteiger partial charge on any atom is 0.586 e. The van der Waals surface area contributed by atoms with Crippen LogP contribution < -0.4 is 14.2 Å². The summed E-state index contributed by atoms with van der Waals surface area (Å²) in [5.41, 5.74) is -0.471. The first-order chi connectivity index (χ1) is 11.3. The first kappa shape index (κ1) is 15.9. The number of benzene rings is 2. The standard InChI is InChI=1S/C15H11F2NO6/c1-22-9-4-2-3-8(5-9)14(19)10-6-12-13(7-11(10)18(20)21)24-15(16,17)23-12/h2-7,14,19H,1H3. The third-order valence-corrected chi connectivity index (χ3v) is 3.45. The average molecular weight is 339 g/mol. The molecule has 2 aromatic carbocycles. The van der Waals surface area contributed by atoms with Crippen molar-refractivity contribution in [2.24, 2.45) is 0 Å². The Morgan fingerprint density at radius 2 is 1.92 bits per heavy atom. The molecule has 3 rings (SSSR count). The normalized spacial score (nSPS) is 15.8. The van der Waals surface area contributed by atoms with E-state index in [4.69, 9.17) is 4.74 Å². The maximum absolute atomic E-state index is 13.1. The zero-order valence-electron chi connectivity index (χ0n) is 12.2. The molecular formula is C15H11F2NO6. The summed E-state index contributed by atoms with van der Waals surface area (Å²) in [4.78, 5) is 10.4. The third-order valence-electron chi connectivity index (χ3n) is 3.45. The third kappa shape index (κ3) is 2.81. The van der Waals surface area contributed by atoms with Gasteiger partial charge in [-0.2, -0.15) is 0 Å². The molecule has 126 valence electrons. The van der Waals surface area contributed by atoms with E-state index in [1.165, 1.54) is 19.2 Å². The van der Waals surface area contributed by atoms with Gasteiger partial charge in [0.1, 0.15) is 11.9 Å². The summed E-state index contributed by atoms with van der Waals surface area (Å²) in [6, 6.07) is 7.99. The fourth-order valence-electron chi connectivity index (χ4n) is 2.37. The van der Waals surface area contributed by atoms with Gasteiger partial charge in [0.05, 0.1) is 23.7 Å². The van der Waals surface area contributed by atoms with Crippen molar-refractivity contribution in [3.63, 3.8) is 0 Å². The maximum atomic E-state index is 13.1. The molecule has 0 saturated carbocycles. The number of fused-ring (bicyclic) bond motifs is 1. The Labute approximate surface area is 134 Å². The van der Waals surface area contributed by atoms with Crippen LogP contribution in [0, 0.1) is 10.1 Å². The highest BCUT2D eigenvalue weighted by Gasteiger charge is 2.45. The number of hydrogen-bond donors (Lipinski definition) is 1. The van der Waals surface area contributed by atoms with Gasteiger partial charge in [0.2, 0.25) is 0 Å². The first-order valence-electron chi connectivity index (χ1n) is 6.71. The summed E-state index contributed by atoms with van der Waals surface area (Å²) in [6.07, 6.45) is -5.35. The summed E-state index contributed by atoms with van der Waals surface area (Å²) >= 11 is 0. The van der Waals surface area contributed by atoms with E-state index in [0.717, 1.165) is 12.1 Å². The van der Waals surface area contributed by atoms with E-state index in [0.29, 0.717) is 11.3 Å². The molecule has 0 amide bonds. The van der Waals surface area contributed by atoms with Crippen LogP contribution in [0.25, 0.3) is 0 Å². The Kier molecular flexibility index (Phi) is 3.72. The van der Waals surface area contributed by atoms with E-state index in [9.17, 15) is 24.0 Å². The van der Waals surface area contributed by atoms with Gasteiger partial charge in [-0.25, -0.2) is 0 Å². The molecule has 0 aliphatic carbocycles. The number of hydrogen-bond acceptors (Lipinski definition) is 6. The summed E-state index contributed by atoms with van der Waals surface area (Å²) in [5.74, 6) is -0.419. The van der Waals surface area contributed by atoms with Crippen molar-refractivity contribution in [3.05, 3.63) is 57.6 Å². The molecule has 0 fully saturated rings. The zero-order chi connectivity index (χ0) is 17.5. The number of alkyl halides is 2. The van der Waals surface area contributed by atoms with Crippen molar-refractivity contribution >= 4 is 5.69 Å². The zero-order valence-corrected chi connectivity index (χ0v) is 12.2. The van der Waals surface area contributed by atoms with Crippen molar-refractivity contribution in [1.82, 2.24) is 0 Å². The van der Waals surface area contributed by atoms with Crippen LogP contribution in [0.2, 0.25) is 0 Å². The van der Waals surface area contributed by atoms with Crippen LogP contribution in [-0.2, 0) is 0 Å². The molecule has 7 nitrogen and oxygen atoms in total. The second-order valence-corrected chi connectivity index (χ2v) is 4.96. The fourth-order valence-corrected chi connectivity index (χ4v) is 2.37. The Hall–Kier alpha value is -2.94. The minimum atomic E-state index is -3.91. The molecule has 0 spiro atoms. The SMILES string of the molecule is COc1cccc(C(O)c2cc3c(cc2[N+](=O)[O-])OC(F)(F)O3)c1. The first-order valence-corrected chi connectivity index (χ1v) is 6.71. The van der Waals surface area contributed by atoms with E-state index in [2.05, 4.69) is 9.47 Å². The molecule has 0 aromatic heterocycles. The second kappa shape index (κ2) is 5.60. The van der Waals surface area contributed by atoms with E-state index in [-0.39, 0.29) is 11.3 Å². The van der Waals surface area contributed by atoms with Crippen LogP contribution >= 0.6 is 0 Å². The number of rotatable bonds is 4. The fraction of sp³-hybridized carbons (Fsp3) is 0.200. The lowest BCUT2D eigenvalue weighted by atomic mass is 9.99. The second-order valence-electron chi connectivity index (χ2n) is 4.96. The summed E-state index contributed by atoms with van der Waals surface area (Å²) in [6.45, 7) is 0. The molecule has 1 N–H and O–H groups in total. The highest BCUT2D eigenvalue weighted by Crippen LogP contribution is 2.46. The van der Waals surface area contributed by atoms with Gasteiger partial charge >= 0.3 is 6.29 Å². The molecule has 0 saturated heterocycles. The average Bonchev–Trinajstić information content (AvgIpc) is 2.85. The predicted octanol–water partition coefficient (Wildman–Crippen LogP) is 3.01. The lowest BCUT2D eigenvalue weighted by Gasteiger charge is -2.13. The number of nitrogens with zero attached hydrogens (tertiary/aromatic N) is 1. The molecule has 1 heterocycles. The molecule has 0 bridgehead atoms. The van der Waals surface area contributed by atoms with E-state index in [1.807, 2.05) is 0 Å². The highest BCUT2D eigenvalue weighted by atomic mass is 19.3. The van der Waals surface area contributed by atoms with Crippen LogP contribution in [0.1, 0.15) is 17.2 Å². The lowest BCUT2D eigenvalue weighted by Crippen LogP contribution is -2.25. The number of aliphatic hydroxyl groups excluding tert-OH is 1. The van der Waals surface area contributed by atoms with Gasteiger partial charge in [0, 0.05) is 0 Å². The van der Waals surface area contributed by atoms with Gasteiger partial charge in [0.15, 0.2) is 11.5 Å². The van der Waals surface area contributed by atoms with Gasteiger partial charge in [-0.05, 0) is 23.8 Å². The van der Waals surface area contributed by atoms with Crippen LogP contribution in [0.3, 0.4) is 0 Å². The molecule has 1 unspecified atom stereocenters. The number of nitro groups is 1. The van der Waals surface area contributed by atoms with Crippen molar-refractivity contribution in [2.45, 2.75) is 12.4 Å². The molecule has 2 aromatic rings. The molecule has 0 radical (unpaired) electrons. The van der Waals surface area contributed by atoms with Crippen molar-refractivity contribution in [3.8, 4) is 17.2 Å². The van der Waals surface area contributed by atoms with Gasteiger partial charge in [-0.3, -0.25) is 10.1 Å². The van der Waals surface area contributed by atoms with Crippen LogP contribution in [0.5, 0.6) is 17.2 Å². The summed E-state index contributed by atoms with van der Waals surface area (Å²) in [7, 11) is 1.43. The van der Waals surface area contributed by atoms with Crippen LogP contribution in [0.4, 0.5) is 14.5 Å². The van der Waals surface area contributed by atoms with Gasteiger partial charge in [0.25, 0.3) is 5.69 Å². The molecule has 9 heteroatoms. The van der Waals surface area contributed by atoms with Gasteiger partial charge in [-0.1, -0.05) is 12.1 Å². The van der Waals surface area contributed by atoms with Crippen molar-refractivity contribution < 1.29 is 33.0 Å². The highest BCUT2D eigenvalue weighted by molar-refractivity contribution is 5.58. The molecule has 1 atom stereocenters. The minimum Gasteiger partial charge on any atom is -0.497 e. The Morgan fingerprint density at radius 3 is 2.54 bits per heavy atom. The van der Waals surface area contributed by atoms with Gasteiger partial charge in [-0.15, -0.1) is 8.78 Å². The smallest absolute Gasteiger partial charge is 0.497 e. The Morgan fingerprint density at radius 1 is 1.25 bits per heavy atom. The molecule has 1 aliphatic rings. The van der Waals surface area contributed by atoms with E-state index < -0.39 is 28.8 Å². The van der Waals surface area contributed by atoms with Gasteiger partial charge < -0.3 is 19.3 Å². The summed E-state index contributed by atoms with van der Waals surface area (Å²) in [5, 5.41) is 21.7. The van der Waals surface area contributed by atoms with Crippen molar-refractivity contribution in [1.29, 1.82) is 0 Å². The molecule has 24 heavy (non-hydrogen) atoms. The monoisotopic (exact) mass is 339 g/mol. The van der Waals surface area contributed by atoms with Crippen LogP contribution in [0.15, 0.2) is 36.4 Å². The Balaban J connectivity index is 2.08. The Bertz CT molecular complexity index is 811. The number of halogens is 2. The predicted molar refractivity (Wildman–Crippen MR) is 76.4 cm³/mol. The number of ether oxygens (including phenoxy) is 3. The molecule has 1 aliphatic heterocycles. The topological polar surface area (TPSA) is 91.1 Å². The number of methoxy groups -OCH3 is 1. The van der Waals surface area contributed by atoms with Crippen LogP contribution in [-0.4, -0.2) is 23.4 Å². The minimum absolute atomic E-state index is 0.201. The number of aliphatic hydroxyl groups is 1. The summed E-state index contributed by atoms with van der Waals surface area (Å²) < 4.78 is 39.8. The lowest BCUT2D eigenvalue weighted by molar-refractivity contribution is -0.386. The largest absolute Gasteiger partial charge is 0.586 e. The van der Waals surface area contributed by atoms with E-state index in [1.54, 1.807) is 12.1 Å². The van der Waals surface area contributed by atoms with Crippen molar-refractivity contribution in [2.75, 3.05) is 7.11 Å².